The lowest BCUT2D eigenvalue weighted by molar-refractivity contribution is 0.288. The summed E-state index contributed by atoms with van der Waals surface area (Å²) in [7, 11) is 0. The van der Waals surface area contributed by atoms with E-state index in [2.05, 4.69) is 29.4 Å². The van der Waals surface area contributed by atoms with E-state index in [0.717, 1.165) is 13.1 Å². The molecular formula is C11H22N4O2. The van der Waals surface area contributed by atoms with Gasteiger partial charge in [-0.2, -0.15) is 0 Å². The fourth-order valence-corrected chi connectivity index (χ4v) is 1.39. The molecule has 0 radical (unpaired) electrons. The summed E-state index contributed by atoms with van der Waals surface area (Å²) in [5.41, 5.74) is 0. The van der Waals surface area contributed by atoms with Gasteiger partial charge in [0.2, 0.25) is 5.89 Å². The quantitative estimate of drug-likeness (QED) is 0.701. The van der Waals surface area contributed by atoms with Gasteiger partial charge in [-0.25, -0.2) is 0 Å². The first-order valence-corrected chi connectivity index (χ1v) is 6.09. The molecule has 0 aromatic carbocycles. The second-order valence-electron chi connectivity index (χ2n) is 4.17. The van der Waals surface area contributed by atoms with Crippen LogP contribution in [0.25, 0.3) is 0 Å². The summed E-state index contributed by atoms with van der Waals surface area (Å²) >= 11 is 0. The molecule has 2 N–H and O–H groups in total. The largest absolute Gasteiger partial charge is 0.407 e. The molecule has 0 unspecified atom stereocenters. The van der Waals surface area contributed by atoms with Crippen LogP contribution in [0, 0.1) is 0 Å². The van der Waals surface area contributed by atoms with Crippen LogP contribution >= 0.6 is 0 Å². The third-order valence-electron chi connectivity index (χ3n) is 2.36. The minimum absolute atomic E-state index is 0.173. The van der Waals surface area contributed by atoms with Crippen molar-refractivity contribution >= 4 is 6.01 Å². The van der Waals surface area contributed by atoms with Gasteiger partial charge in [0.15, 0.2) is 0 Å². The van der Waals surface area contributed by atoms with Crippen LogP contribution in [0.2, 0.25) is 0 Å². The van der Waals surface area contributed by atoms with E-state index in [9.17, 15) is 0 Å². The van der Waals surface area contributed by atoms with Crippen molar-refractivity contribution in [1.29, 1.82) is 0 Å². The van der Waals surface area contributed by atoms with E-state index >= 15 is 0 Å². The van der Waals surface area contributed by atoms with Crippen LogP contribution in [0.5, 0.6) is 0 Å². The van der Waals surface area contributed by atoms with Crippen molar-refractivity contribution in [3.05, 3.63) is 5.89 Å². The molecule has 0 bridgehead atoms. The molecule has 6 heteroatoms. The molecule has 0 aliphatic carbocycles. The average Bonchev–Trinajstić information content (AvgIpc) is 2.76. The van der Waals surface area contributed by atoms with Gasteiger partial charge in [-0.05, 0) is 13.3 Å². The molecule has 0 fully saturated rings. The fourth-order valence-electron chi connectivity index (χ4n) is 1.39. The maximum absolute atomic E-state index is 8.80. The van der Waals surface area contributed by atoms with E-state index < -0.39 is 0 Å². The van der Waals surface area contributed by atoms with Crippen LogP contribution < -0.4 is 10.2 Å². The third kappa shape index (κ3) is 4.70. The second-order valence-corrected chi connectivity index (χ2v) is 4.17. The molecule has 17 heavy (non-hydrogen) atoms. The third-order valence-corrected chi connectivity index (χ3v) is 2.36. The predicted molar refractivity (Wildman–Crippen MR) is 65.9 cm³/mol. The van der Waals surface area contributed by atoms with Crippen LogP contribution in [0.15, 0.2) is 4.42 Å². The SMILES string of the molecule is CCN(CCCO)c1nnc(CNC(C)C)o1. The lowest BCUT2D eigenvalue weighted by atomic mass is 10.4. The van der Waals surface area contributed by atoms with E-state index in [1.807, 2.05) is 11.8 Å². The number of hydrogen-bond donors (Lipinski definition) is 2. The first-order valence-electron chi connectivity index (χ1n) is 6.09. The number of anilines is 1. The summed E-state index contributed by atoms with van der Waals surface area (Å²) in [6.45, 7) is 8.43. The summed E-state index contributed by atoms with van der Waals surface area (Å²) in [5, 5.41) is 20.0. The van der Waals surface area contributed by atoms with Crippen LogP contribution in [0.3, 0.4) is 0 Å². The molecule has 1 heterocycles. The Morgan fingerprint density at radius 2 is 2.18 bits per heavy atom. The summed E-state index contributed by atoms with van der Waals surface area (Å²) in [4.78, 5) is 1.96. The summed E-state index contributed by atoms with van der Waals surface area (Å²) in [5.74, 6) is 0.594. The Morgan fingerprint density at radius 3 is 2.76 bits per heavy atom. The zero-order valence-corrected chi connectivity index (χ0v) is 10.8. The van der Waals surface area contributed by atoms with Crippen molar-refractivity contribution in [2.45, 2.75) is 39.8 Å². The Hall–Kier alpha value is -1.14. The molecule has 0 aliphatic rings. The molecule has 0 saturated carbocycles. The lowest BCUT2D eigenvalue weighted by Gasteiger charge is -2.16. The van der Waals surface area contributed by atoms with Crippen LogP contribution in [0.4, 0.5) is 6.01 Å². The number of nitrogens with one attached hydrogen (secondary N) is 1. The van der Waals surface area contributed by atoms with Gasteiger partial charge in [-0.1, -0.05) is 18.9 Å². The van der Waals surface area contributed by atoms with E-state index in [4.69, 9.17) is 9.52 Å². The first-order chi connectivity index (χ1) is 8.17. The van der Waals surface area contributed by atoms with Crippen molar-refractivity contribution in [2.24, 2.45) is 0 Å². The molecule has 1 aromatic heterocycles. The highest BCUT2D eigenvalue weighted by molar-refractivity contribution is 5.23. The van der Waals surface area contributed by atoms with Crippen molar-refractivity contribution in [2.75, 3.05) is 24.6 Å². The van der Waals surface area contributed by atoms with Crippen LogP contribution in [0.1, 0.15) is 33.1 Å². The van der Waals surface area contributed by atoms with Gasteiger partial charge in [0.25, 0.3) is 0 Å². The Kier molecular flexibility index (Phi) is 5.93. The minimum Gasteiger partial charge on any atom is -0.407 e. The molecular weight excluding hydrogens is 220 g/mol. The Morgan fingerprint density at radius 1 is 1.41 bits per heavy atom. The zero-order chi connectivity index (χ0) is 12.7. The number of aliphatic hydroxyl groups is 1. The molecule has 98 valence electrons. The minimum atomic E-state index is 0.173. The zero-order valence-electron chi connectivity index (χ0n) is 10.8. The monoisotopic (exact) mass is 242 g/mol. The van der Waals surface area contributed by atoms with Crippen molar-refractivity contribution in [3.63, 3.8) is 0 Å². The normalized spacial score (nSPS) is 11.1. The van der Waals surface area contributed by atoms with Gasteiger partial charge >= 0.3 is 6.01 Å². The predicted octanol–water partition coefficient (Wildman–Crippen LogP) is 0.776. The van der Waals surface area contributed by atoms with E-state index in [1.165, 1.54) is 0 Å². The maximum atomic E-state index is 8.80. The highest BCUT2D eigenvalue weighted by Gasteiger charge is 2.12. The fraction of sp³-hybridized carbons (Fsp3) is 0.818. The molecule has 0 spiro atoms. The van der Waals surface area contributed by atoms with Crippen molar-refractivity contribution in [3.8, 4) is 0 Å². The molecule has 1 rings (SSSR count). The lowest BCUT2D eigenvalue weighted by Crippen LogP contribution is -2.25. The van der Waals surface area contributed by atoms with Crippen molar-refractivity contribution in [1.82, 2.24) is 15.5 Å². The maximum Gasteiger partial charge on any atom is 0.318 e. The topological polar surface area (TPSA) is 74.4 Å². The molecule has 6 nitrogen and oxygen atoms in total. The molecule has 0 amide bonds. The Balaban J connectivity index is 2.52. The number of aromatic nitrogens is 2. The summed E-state index contributed by atoms with van der Waals surface area (Å²) < 4.78 is 5.54. The second kappa shape index (κ2) is 7.24. The van der Waals surface area contributed by atoms with Crippen molar-refractivity contribution < 1.29 is 9.52 Å². The number of hydrogen-bond acceptors (Lipinski definition) is 6. The first kappa shape index (κ1) is 13.9. The summed E-state index contributed by atoms with van der Waals surface area (Å²) in [6, 6.07) is 0.920. The van der Waals surface area contributed by atoms with Gasteiger partial charge in [0, 0.05) is 25.7 Å². The van der Waals surface area contributed by atoms with Crippen LogP contribution in [-0.4, -0.2) is 41.0 Å². The van der Waals surface area contributed by atoms with Crippen LogP contribution in [-0.2, 0) is 6.54 Å². The smallest absolute Gasteiger partial charge is 0.318 e. The Bertz CT molecular complexity index is 314. The molecule has 0 aliphatic heterocycles. The molecule has 0 atom stereocenters. The number of rotatable bonds is 8. The number of aliphatic hydroxyl groups excluding tert-OH is 1. The molecule has 1 aromatic rings. The van der Waals surface area contributed by atoms with Gasteiger partial charge in [0.05, 0.1) is 6.54 Å². The van der Waals surface area contributed by atoms with Gasteiger partial charge in [0.1, 0.15) is 0 Å². The standard InChI is InChI=1S/C11H22N4O2/c1-4-15(6-5-7-16)11-14-13-10(17-11)8-12-9(2)3/h9,12,16H,4-8H2,1-3H3. The summed E-state index contributed by atoms with van der Waals surface area (Å²) in [6.07, 6.45) is 0.704. The van der Waals surface area contributed by atoms with Gasteiger partial charge in [-0.3, -0.25) is 0 Å². The average molecular weight is 242 g/mol. The molecule has 0 saturated heterocycles. The number of nitrogens with zero attached hydrogens (tertiary/aromatic N) is 3. The van der Waals surface area contributed by atoms with E-state index in [-0.39, 0.29) is 6.61 Å². The highest BCUT2D eigenvalue weighted by atomic mass is 16.4. The highest BCUT2D eigenvalue weighted by Crippen LogP contribution is 2.12. The Labute approximate surface area is 102 Å². The van der Waals surface area contributed by atoms with Gasteiger partial charge in [-0.15, -0.1) is 5.10 Å². The van der Waals surface area contributed by atoms with Gasteiger partial charge < -0.3 is 19.7 Å². The van der Waals surface area contributed by atoms with E-state index in [1.54, 1.807) is 0 Å². The van der Waals surface area contributed by atoms with E-state index in [0.29, 0.717) is 30.9 Å².